The summed E-state index contributed by atoms with van der Waals surface area (Å²) in [4.78, 5) is 23.0. The Hall–Kier alpha value is -3.08. The number of nitrogens with one attached hydrogen (secondary N) is 2. The first-order valence-electron chi connectivity index (χ1n) is 7.91. The van der Waals surface area contributed by atoms with Gasteiger partial charge in [0.25, 0.3) is 5.69 Å². The molecule has 11 heteroatoms. The summed E-state index contributed by atoms with van der Waals surface area (Å²) in [6.45, 7) is 0. The van der Waals surface area contributed by atoms with E-state index in [1.807, 2.05) is 0 Å². The number of rotatable bonds is 6. The maximum atomic E-state index is 12.3. The number of amides is 1. The number of hydrogen-bond donors (Lipinski definition) is 3. The van der Waals surface area contributed by atoms with Crippen molar-refractivity contribution in [3.63, 3.8) is 0 Å². The predicted molar refractivity (Wildman–Crippen MR) is 103 cm³/mol. The Morgan fingerprint density at radius 2 is 2.00 bits per heavy atom. The number of nitrogens with zero attached hydrogens (tertiary/aromatic N) is 2. The van der Waals surface area contributed by atoms with Crippen molar-refractivity contribution in [1.82, 2.24) is 9.78 Å². The van der Waals surface area contributed by atoms with Crippen LogP contribution in [0, 0.1) is 4.91 Å². The summed E-state index contributed by atoms with van der Waals surface area (Å²) in [6, 6.07) is 10.8. The minimum absolute atomic E-state index is 0.0767. The highest BCUT2D eigenvalue weighted by molar-refractivity contribution is 7.89. The van der Waals surface area contributed by atoms with Crippen molar-refractivity contribution >= 4 is 38.9 Å². The summed E-state index contributed by atoms with van der Waals surface area (Å²) in [5, 5.41) is 14.0. The Morgan fingerprint density at radius 1 is 1.25 bits per heavy atom. The number of benzene rings is 2. The van der Waals surface area contributed by atoms with Crippen molar-refractivity contribution in [2.24, 2.45) is 5.14 Å². The fraction of sp³-hybridized carbons (Fsp3) is 0.0588. The lowest BCUT2D eigenvalue weighted by molar-refractivity contribution is -0.380. The maximum absolute atomic E-state index is 12.3. The molecule has 144 valence electrons. The van der Waals surface area contributed by atoms with Gasteiger partial charge in [-0.3, -0.25) is 4.79 Å². The van der Waals surface area contributed by atoms with E-state index in [1.165, 1.54) is 35.3 Å². The van der Waals surface area contributed by atoms with Gasteiger partial charge in [-0.15, -0.1) is 0 Å². The standard InChI is InChI=1S/C17H14ClN5O4S/c18-12-9-20-23(10-12)15-6-5-13(8-16(15)28(19,26)27)21-17(24)7-11-3-1-2-4-14(11)22-25/h1-6,8-10H,7H2,(H,21,24)(H2,19,26,27)/p+1. The molecule has 0 radical (unpaired) electrons. The van der Waals surface area contributed by atoms with Crippen LogP contribution in [-0.2, 0) is 21.2 Å². The molecule has 1 heterocycles. The van der Waals surface area contributed by atoms with Gasteiger partial charge in [-0.05, 0) is 18.2 Å². The minimum Gasteiger partial charge on any atom is -0.326 e. The van der Waals surface area contributed by atoms with E-state index in [2.05, 4.69) is 10.4 Å². The summed E-state index contributed by atoms with van der Waals surface area (Å²) in [5.41, 5.74) is 1.20. The van der Waals surface area contributed by atoms with Crippen molar-refractivity contribution in [1.29, 1.82) is 0 Å². The van der Waals surface area contributed by atoms with Gasteiger partial charge in [0, 0.05) is 33.6 Å². The molecule has 0 spiro atoms. The SMILES string of the molecule is NS(=O)(=O)c1cc(NC(=O)Cc2ccccc2[NH+]=O)ccc1-n1cc(Cl)cn1. The van der Waals surface area contributed by atoms with E-state index >= 15 is 0 Å². The third-order valence-corrected chi connectivity index (χ3v) is 4.96. The normalized spacial score (nSPS) is 11.2. The van der Waals surface area contributed by atoms with Crippen LogP contribution >= 0.6 is 11.6 Å². The van der Waals surface area contributed by atoms with Gasteiger partial charge in [0.15, 0.2) is 0 Å². The van der Waals surface area contributed by atoms with Crippen molar-refractivity contribution in [2.45, 2.75) is 11.3 Å². The Morgan fingerprint density at radius 3 is 2.64 bits per heavy atom. The number of hydrogen-bond acceptors (Lipinski definition) is 5. The van der Waals surface area contributed by atoms with Crippen molar-refractivity contribution in [3.05, 3.63) is 70.4 Å². The molecule has 9 nitrogen and oxygen atoms in total. The lowest BCUT2D eigenvalue weighted by Gasteiger charge is -2.11. The van der Waals surface area contributed by atoms with Gasteiger partial charge in [0.05, 0.1) is 23.3 Å². The van der Waals surface area contributed by atoms with Crippen molar-refractivity contribution in [2.75, 3.05) is 5.32 Å². The molecule has 0 saturated carbocycles. The third-order valence-electron chi connectivity index (χ3n) is 3.83. The summed E-state index contributed by atoms with van der Waals surface area (Å²) in [7, 11) is -4.11. The zero-order valence-electron chi connectivity index (χ0n) is 14.3. The average molecular weight is 421 g/mol. The number of para-hydroxylation sites is 1. The van der Waals surface area contributed by atoms with Crippen LogP contribution in [0.3, 0.4) is 0 Å². The van der Waals surface area contributed by atoms with Gasteiger partial charge in [-0.25, -0.2) is 18.2 Å². The Kier molecular flexibility index (Phi) is 5.54. The average Bonchev–Trinajstić information content (AvgIpc) is 3.07. The van der Waals surface area contributed by atoms with E-state index in [-0.39, 0.29) is 28.4 Å². The smallest absolute Gasteiger partial charge is 0.257 e. The molecule has 0 saturated heterocycles. The van der Waals surface area contributed by atoms with Crippen LogP contribution in [0.1, 0.15) is 5.56 Å². The molecule has 0 unspecified atom stereocenters. The van der Waals surface area contributed by atoms with Crippen LogP contribution in [0.25, 0.3) is 5.69 Å². The number of aromatic nitrogens is 2. The number of carbonyl (C=O) groups excluding carboxylic acids is 1. The van der Waals surface area contributed by atoms with E-state index in [9.17, 15) is 18.1 Å². The molecule has 28 heavy (non-hydrogen) atoms. The largest absolute Gasteiger partial charge is 0.326 e. The zero-order chi connectivity index (χ0) is 20.3. The lowest BCUT2D eigenvalue weighted by Crippen LogP contribution is -2.56. The van der Waals surface area contributed by atoms with Gasteiger partial charge >= 0.3 is 0 Å². The number of carbonyl (C=O) groups is 1. The van der Waals surface area contributed by atoms with Crippen LogP contribution < -0.4 is 15.6 Å². The van der Waals surface area contributed by atoms with Crippen molar-refractivity contribution < 1.29 is 18.4 Å². The molecule has 4 N–H and O–H groups in total. The van der Waals surface area contributed by atoms with Gasteiger partial charge in [-0.2, -0.15) is 5.10 Å². The molecule has 1 amide bonds. The van der Waals surface area contributed by atoms with Gasteiger partial charge < -0.3 is 5.32 Å². The first-order chi connectivity index (χ1) is 13.3. The van der Waals surface area contributed by atoms with E-state index in [4.69, 9.17) is 16.7 Å². The van der Waals surface area contributed by atoms with Crippen LogP contribution in [-0.4, -0.2) is 24.1 Å². The minimum atomic E-state index is -4.11. The summed E-state index contributed by atoms with van der Waals surface area (Å²) < 4.78 is 25.3. The molecule has 1 aromatic heterocycles. The fourth-order valence-corrected chi connectivity index (χ4v) is 3.47. The van der Waals surface area contributed by atoms with Crippen molar-refractivity contribution in [3.8, 4) is 5.69 Å². The lowest BCUT2D eigenvalue weighted by atomic mass is 10.1. The van der Waals surface area contributed by atoms with Gasteiger partial charge in [0.1, 0.15) is 4.90 Å². The monoisotopic (exact) mass is 420 g/mol. The van der Waals surface area contributed by atoms with Crippen LogP contribution in [0.5, 0.6) is 0 Å². The van der Waals surface area contributed by atoms with E-state index in [1.54, 1.807) is 29.4 Å². The Labute approximate surface area is 165 Å². The fourth-order valence-electron chi connectivity index (χ4n) is 2.59. The number of nitroso groups, excluding NO2 is 1. The third kappa shape index (κ3) is 4.42. The zero-order valence-corrected chi connectivity index (χ0v) is 15.9. The molecular weight excluding hydrogens is 406 g/mol. The second kappa shape index (κ2) is 7.89. The molecule has 0 aliphatic carbocycles. The second-order valence-electron chi connectivity index (χ2n) is 5.81. The summed E-state index contributed by atoms with van der Waals surface area (Å²) in [5.74, 6) is -0.432. The quantitative estimate of drug-likeness (QED) is 0.542. The number of nitrogens with two attached hydrogens (primary N) is 1. The van der Waals surface area contributed by atoms with Gasteiger partial charge in [-0.1, -0.05) is 29.8 Å². The molecule has 2 aromatic carbocycles. The number of primary sulfonamides is 1. The molecule has 0 aliphatic heterocycles. The molecule has 0 aliphatic rings. The van der Waals surface area contributed by atoms with Gasteiger partial charge in [0.2, 0.25) is 15.9 Å². The number of halogens is 1. The maximum Gasteiger partial charge on any atom is 0.257 e. The number of sulfonamides is 1. The Bertz CT molecular complexity index is 1160. The molecule has 0 fully saturated rings. The highest BCUT2D eigenvalue weighted by Gasteiger charge is 2.18. The highest BCUT2D eigenvalue weighted by atomic mass is 35.5. The summed E-state index contributed by atoms with van der Waals surface area (Å²) in [6.07, 6.45) is 2.70. The van der Waals surface area contributed by atoms with E-state index < -0.39 is 15.9 Å². The summed E-state index contributed by atoms with van der Waals surface area (Å²) >= 11 is 5.83. The second-order valence-corrected chi connectivity index (χ2v) is 7.78. The van der Waals surface area contributed by atoms with Crippen LogP contribution in [0.4, 0.5) is 11.4 Å². The predicted octanol–water partition coefficient (Wildman–Crippen LogP) is 0.833. The first kappa shape index (κ1) is 19.7. The van der Waals surface area contributed by atoms with Crippen LogP contribution in [0.15, 0.2) is 59.8 Å². The van der Waals surface area contributed by atoms with E-state index in [0.29, 0.717) is 10.6 Å². The molecule has 3 rings (SSSR count). The molecule has 0 bridgehead atoms. The molecule has 3 aromatic rings. The first-order valence-corrected chi connectivity index (χ1v) is 9.83. The topological polar surface area (TPSA) is 138 Å². The number of anilines is 1. The van der Waals surface area contributed by atoms with Crippen LogP contribution in [0.2, 0.25) is 5.02 Å². The Balaban J connectivity index is 1.89. The van der Waals surface area contributed by atoms with E-state index in [0.717, 1.165) is 0 Å². The molecular formula is C17H15ClN5O4S+. The molecule has 0 atom stereocenters. The highest BCUT2D eigenvalue weighted by Crippen LogP contribution is 2.24.